The van der Waals surface area contributed by atoms with Gasteiger partial charge in [0.15, 0.2) is 5.13 Å². The van der Waals surface area contributed by atoms with Gasteiger partial charge in [0.2, 0.25) is 5.91 Å². The van der Waals surface area contributed by atoms with Crippen LogP contribution in [0.3, 0.4) is 0 Å². The van der Waals surface area contributed by atoms with Gasteiger partial charge in [-0.1, -0.05) is 62.4 Å². The highest BCUT2D eigenvalue weighted by Gasteiger charge is 2.17. The number of nitrogens with one attached hydrogen (secondary N) is 2. The van der Waals surface area contributed by atoms with E-state index in [4.69, 9.17) is 0 Å². The Bertz CT molecular complexity index is 722. The van der Waals surface area contributed by atoms with Crippen molar-refractivity contribution < 1.29 is 9.59 Å². The molecular weight excluding hydrogens is 346 g/mol. The third kappa shape index (κ3) is 5.66. The summed E-state index contributed by atoms with van der Waals surface area (Å²) in [5.74, 6) is -0.270. The molecule has 0 radical (unpaired) electrons. The molecular formula is C20H25N3O2S. The molecule has 2 amide bonds. The van der Waals surface area contributed by atoms with E-state index in [-0.39, 0.29) is 17.9 Å². The number of hydrogen-bond donors (Lipinski definition) is 2. The molecule has 1 saturated carbocycles. The quantitative estimate of drug-likeness (QED) is 0.829. The minimum atomic E-state index is -0.143. The Morgan fingerprint density at radius 2 is 1.73 bits per heavy atom. The average molecular weight is 372 g/mol. The maximum absolute atomic E-state index is 12.4. The van der Waals surface area contributed by atoms with Gasteiger partial charge >= 0.3 is 0 Å². The maximum Gasteiger partial charge on any atom is 0.271 e. The lowest BCUT2D eigenvalue weighted by atomic mass is 9.97. The maximum atomic E-state index is 12.4. The average Bonchev–Trinajstić information content (AvgIpc) is 3.06. The Labute approximate surface area is 158 Å². The van der Waals surface area contributed by atoms with Gasteiger partial charge in [-0.15, -0.1) is 11.3 Å². The predicted molar refractivity (Wildman–Crippen MR) is 104 cm³/mol. The summed E-state index contributed by atoms with van der Waals surface area (Å²) in [6, 6.07) is 9.79. The minimum Gasteiger partial charge on any atom is -0.348 e. The van der Waals surface area contributed by atoms with Crippen molar-refractivity contribution in [1.82, 2.24) is 10.3 Å². The van der Waals surface area contributed by atoms with Crippen molar-refractivity contribution in [1.29, 1.82) is 0 Å². The first kappa shape index (κ1) is 18.6. The van der Waals surface area contributed by atoms with Crippen LogP contribution in [0.5, 0.6) is 0 Å². The summed E-state index contributed by atoms with van der Waals surface area (Å²) in [4.78, 5) is 28.8. The second-order valence-corrected chi connectivity index (χ2v) is 7.62. The highest BCUT2D eigenvalue weighted by Crippen LogP contribution is 2.19. The fourth-order valence-corrected chi connectivity index (χ4v) is 3.95. The van der Waals surface area contributed by atoms with Gasteiger partial charge in [0.05, 0.1) is 6.42 Å². The van der Waals surface area contributed by atoms with Crippen LogP contribution in [-0.4, -0.2) is 22.8 Å². The van der Waals surface area contributed by atoms with Crippen molar-refractivity contribution in [3.05, 3.63) is 47.0 Å². The van der Waals surface area contributed by atoms with Crippen molar-refractivity contribution in [3.8, 4) is 0 Å². The van der Waals surface area contributed by atoms with E-state index in [0.717, 1.165) is 18.4 Å². The number of aromatic nitrogens is 1. The van der Waals surface area contributed by atoms with Crippen molar-refractivity contribution in [2.75, 3.05) is 5.32 Å². The molecule has 0 spiro atoms. The third-order valence-corrected chi connectivity index (χ3v) is 5.39. The molecule has 1 fully saturated rings. The number of thiazole rings is 1. The molecule has 5 nitrogen and oxygen atoms in total. The van der Waals surface area contributed by atoms with Crippen LogP contribution >= 0.6 is 11.3 Å². The SMILES string of the molecule is O=C(Cc1ccccc1)Nc1nc(C(=O)NC2CCCCCCC2)cs1. The van der Waals surface area contributed by atoms with Crippen LogP contribution in [-0.2, 0) is 11.2 Å². The molecule has 0 aliphatic heterocycles. The van der Waals surface area contributed by atoms with Crippen LogP contribution in [0.1, 0.15) is 61.0 Å². The topological polar surface area (TPSA) is 71.1 Å². The lowest BCUT2D eigenvalue weighted by Crippen LogP contribution is -2.35. The number of hydrogen-bond acceptors (Lipinski definition) is 4. The lowest BCUT2D eigenvalue weighted by Gasteiger charge is -2.20. The fraction of sp³-hybridized carbons (Fsp3) is 0.450. The number of carbonyl (C=O) groups excluding carboxylic acids is 2. The van der Waals surface area contributed by atoms with E-state index < -0.39 is 0 Å². The molecule has 138 valence electrons. The Kier molecular flexibility index (Phi) is 6.77. The second-order valence-electron chi connectivity index (χ2n) is 6.76. The highest BCUT2D eigenvalue weighted by molar-refractivity contribution is 7.14. The second kappa shape index (κ2) is 9.48. The smallest absolute Gasteiger partial charge is 0.271 e. The number of anilines is 1. The van der Waals surface area contributed by atoms with E-state index in [1.54, 1.807) is 5.38 Å². The summed E-state index contributed by atoms with van der Waals surface area (Å²) in [7, 11) is 0. The van der Waals surface area contributed by atoms with Gasteiger partial charge in [0, 0.05) is 11.4 Å². The summed E-state index contributed by atoms with van der Waals surface area (Å²) in [6.07, 6.45) is 8.52. The zero-order chi connectivity index (χ0) is 18.2. The lowest BCUT2D eigenvalue weighted by molar-refractivity contribution is -0.115. The van der Waals surface area contributed by atoms with Crippen LogP contribution in [0.4, 0.5) is 5.13 Å². The summed E-state index contributed by atoms with van der Waals surface area (Å²) in [6.45, 7) is 0. The largest absolute Gasteiger partial charge is 0.348 e. The summed E-state index contributed by atoms with van der Waals surface area (Å²) < 4.78 is 0. The zero-order valence-corrected chi connectivity index (χ0v) is 15.7. The molecule has 6 heteroatoms. The molecule has 2 aromatic rings. The zero-order valence-electron chi connectivity index (χ0n) is 14.9. The van der Waals surface area contributed by atoms with Crippen molar-refractivity contribution >= 4 is 28.3 Å². The molecule has 1 aliphatic rings. The molecule has 0 saturated heterocycles. The highest BCUT2D eigenvalue weighted by atomic mass is 32.1. The van der Waals surface area contributed by atoms with E-state index in [1.165, 1.54) is 43.4 Å². The standard InChI is InChI=1S/C20H25N3O2S/c24-18(13-15-9-5-4-6-10-15)23-20-22-17(14-26-20)19(25)21-16-11-7-2-1-3-8-12-16/h4-6,9-10,14,16H,1-3,7-8,11-13H2,(H,21,25)(H,22,23,24). The monoisotopic (exact) mass is 371 g/mol. The molecule has 3 rings (SSSR count). The Hall–Kier alpha value is -2.21. The first-order valence-corrected chi connectivity index (χ1v) is 10.2. The predicted octanol–water partition coefficient (Wildman–Crippen LogP) is 4.17. The number of amides is 2. The normalized spacial score (nSPS) is 15.7. The fourth-order valence-electron chi connectivity index (χ4n) is 3.24. The summed E-state index contributed by atoms with van der Waals surface area (Å²) in [5, 5.41) is 8.05. The first-order valence-electron chi connectivity index (χ1n) is 9.31. The van der Waals surface area contributed by atoms with Crippen LogP contribution in [0.25, 0.3) is 0 Å². The van der Waals surface area contributed by atoms with Gasteiger partial charge < -0.3 is 10.6 Å². The molecule has 0 atom stereocenters. The minimum absolute atomic E-state index is 0.127. The molecule has 0 bridgehead atoms. The first-order chi connectivity index (χ1) is 12.7. The van der Waals surface area contributed by atoms with Gasteiger partial charge in [-0.3, -0.25) is 9.59 Å². The van der Waals surface area contributed by atoms with Gasteiger partial charge in [0.25, 0.3) is 5.91 Å². The third-order valence-electron chi connectivity index (χ3n) is 4.63. The number of rotatable bonds is 5. The summed E-state index contributed by atoms with van der Waals surface area (Å²) in [5.41, 5.74) is 1.33. The van der Waals surface area contributed by atoms with Crippen LogP contribution in [0, 0.1) is 0 Å². The molecule has 1 aromatic carbocycles. The van der Waals surface area contributed by atoms with Gasteiger partial charge in [-0.2, -0.15) is 0 Å². The molecule has 1 heterocycles. The number of carbonyl (C=O) groups is 2. The van der Waals surface area contributed by atoms with Crippen LogP contribution < -0.4 is 10.6 Å². The van der Waals surface area contributed by atoms with E-state index in [2.05, 4.69) is 15.6 Å². The molecule has 0 unspecified atom stereocenters. The van der Waals surface area contributed by atoms with Crippen LogP contribution in [0.15, 0.2) is 35.7 Å². The number of benzene rings is 1. The molecule has 26 heavy (non-hydrogen) atoms. The molecule has 2 N–H and O–H groups in total. The molecule has 1 aliphatic carbocycles. The molecule has 1 aromatic heterocycles. The van der Waals surface area contributed by atoms with E-state index in [9.17, 15) is 9.59 Å². The van der Waals surface area contributed by atoms with E-state index in [1.807, 2.05) is 30.3 Å². The number of nitrogens with zero attached hydrogens (tertiary/aromatic N) is 1. The van der Waals surface area contributed by atoms with Crippen molar-refractivity contribution in [3.63, 3.8) is 0 Å². The van der Waals surface area contributed by atoms with Gasteiger partial charge in [-0.25, -0.2) is 4.98 Å². The van der Waals surface area contributed by atoms with E-state index in [0.29, 0.717) is 17.2 Å². The Morgan fingerprint density at radius 1 is 1.04 bits per heavy atom. The summed E-state index contributed by atoms with van der Waals surface area (Å²) >= 11 is 1.28. The van der Waals surface area contributed by atoms with Gasteiger partial charge in [0.1, 0.15) is 5.69 Å². The van der Waals surface area contributed by atoms with Crippen LogP contribution in [0.2, 0.25) is 0 Å². The van der Waals surface area contributed by atoms with Crippen molar-refractivity contribution in [2.45, 2.75) is 57.4 Å². The van der Waals surface area contributed by atoms with Gasteiger partial charge in [-0.05, 0) is 18.4 Å². The Balaban J connectivity index is 1.51. The van der Waals surface area contributed by atoms with Crippen molar-refractivity contribution in [2.24, 2.45) is 0 Å². The van der Waals surface area contributed by atoms with E-state index >= 15 is 0 Å². The Morgan fingerprint density at radius 3 is 2.46 bits per heavy atom.